The first-order valence-corrected chi connectivity index (χ1v) is 6.13. The molecule has 3 nitrogen and oxygen atoms in total. The lowest BCUT2D eigenvalue weighted by molar-refractivity contribution is -0.152. The fourth-order valence-corrected chi connectivity index (χ4v) is 1.47. The Kier molecular flexibility index (Phi) is 5.08. The largest absolute Gasteiger partial charge is 0.465 e. The maximum absolute atomic E-state index is 11.6. The maximum Gasteiger partial charge on any atom is 0.311 e. The molecule has 1 aromatic carbocycles. The summed E-state index contributed by atoms with van der Waals surface area (Å²) in [6.07, 6.45) is 0.641. The molecule has 0 saturated heterocycles. The highest BCUT2D eigenvalue weighted by molar-refractivity contribution is 6.00. The second-order valence-electron chi connectivity index (χ2n) is 5.17. The maximum atomic E-state index is 11.6. The van der Waals surface area contributed by atoms with Gasteiger partial charge in [-0.05, 0) is 26.3 Å². The monoisotopic (exact) mass is 247 g/mol. The van der Waals surface area contributed by atoms with Crippen LogP contribution in [-0.2, 0) is 9.53 Å². The first-order valence-electron chi connectivity index (χ1n) is 6.13. The summed E-state index contributed by atoms with van der Waals surface area (Å²) in [4.78, 5) is 15.9. The molecule has 0 aliphatic carbocycles. The molecule has 0 radical (unpaired) electrons. The van der Waals surface area contributed by atoms with Gasteiger partial charge in [0, 0.05) is 19.2 Å². The Morgan fingerprint density at radius 2 is 1.83 bits per heavy atom. The summed E-state index contributed by atoms with van der Waals surface area (Å²) in [5.41, 5.74) is 1.58. The van der Waals surface area contributed by atoms with Crippen molar-refractivity contribution in [3.05, 3.63) is 35.9 Å². The third kappa shape index (κ3) is 4.32. The van der Waals surface area contributed by atoms with Crippen LogP contribution >= 0.6 is 0 Å². The quantitative estimate of drug-likeness (QED) is 0.606. The number of rotatable bonds is 4. The van der Waals surface area contributed by atoms with Crippen LogP contribution in [0.25, 0.3) is 0 Å². The standard InChI is InChI=1S/C15H21NO2/c1-15(2,3)14(17)18-11-10-13(16-4)12-8-6-5-7-9-12/h5-9H,10-11H2,1-4H3/b16-13+. The minimum Gasteiger partial charge on any atom is -0.465 e. The molecule has 1 rings (SSSR count). The van der Waals surface area contributed by atoms with Gasteiger partial charge in [-0.3, -0.25) is 9.79 Å². The van der Waals surface area contributed by atoms with Crippen LogP contribution in [0.3, 0.4) is 0 Å². The topological polar surface area (TPSA) is 38.7 Å². The summed E-state index contributed by atoms with van der Waals surface area (Å²) in [6, 6.07) is 9.93. The summed E-state index contributed by atoms with van der Waals surface area (Å²) < 4.78 is 5.24. The first kappa shape index (κ1) is 14.4. The van der Waals surface area contributed by atoms with Gasteiger partial charge >= 0.3 is 5.97 Å². The van der Waals surface area contributed by atoms with Crippen LogP contribution in [0.1, 0.15) is 32.8 Å². The number of aliphatic imine (C=N–C) groups is 1. The highest BCUT2D eigenvalue weighted by Crippen LogP contribution is 2.15. The van der Waals surface area contributed by atoms with E-state index in [9.17, 15) is 4.79 Å². The van der Waals surface area contributed by atoms with Crippen LogP contribution in [0.2, 0.25) is 0 Å². The van der Waals surface area contributed by atoms with Crippen molar-refractivity contribution in [2.45, 2.75) is 27.2 Å². The van der Waals surface area contributed by atoms with Gasteiger partial charge in [0.05, 0.1) is 12.0 Å². The van der Waals surface area contributed by atoms with E-state index in [4.69, 9.17) is 4.74 Å². The molecule has 0 aliphatic rings. The molecule has 3 heteroatoms. The highest BCUT2D eigenvalue weighted by Gasteiger charge is 2.22. The van der Waals surface area contributed by atoms with Crippen molar-refractivity contribution in [2.24, 2.45) is 10.4 Å². The summed E-state index contributed by atoms with van der Waals surface area (Å²) >= 11 is 0. The second kappa shape index (κ2) is 6.34. The summed E-state index contributed by atoms with van der Waals surface area (Å²) in [5, 5.41) is 0. The number of ether oxygens (including phenoxy) is 1. The minimum atomic E-state index is -0.448. The van der Waals surface area contributed by atoms with E-state index >= 15 is 0 Å². The van der Waals surface area contributed by atoms with Gasteiger partial charge in [0.15, 0.2) is 0 Å². The molecule has 0 spiro atoms. The number of carbonyl (C=O) groups excluding carboxylic acids is 1. The van der Waals surface area contributed by atoms with E-state index in [0.717, 1.165) is 11.3 Å². The van der Waals surface area contributed by atoms with Gasteiger partial charge in [0.2, 0.25) is 0 Å². The van der Waals surface area contributed by atoms with Crippen LogP contribution in [0, 0.1) is 5.41 Å². The predicted octanol–water partition coefficient (Wildman–Crippen LogP) is 3.08. The Labute approximate surface area is 109 Å². The molecular formula is C15H21NO2. The van der Waals surface area contributed by atoms with Gasteiger partial charge in [0.25, 0.3) is 0 Å². The lowest BCUT2D eigenvalue weighted by Crippen LogP contribution is -2.24. The zero-order valence-electron chi connectivity index (χ0n) is 11.6. The molecule has 1 aromatic rings. The average Bonchev–Trinajstić information content (AvgIpc) is 2.34. The van der Waals surface area contributed by atoms with E-state index in [1.165, 1.54) is 0 Å². The SMILES string of the molecule is C/N=C(\CCOC(=O)C(C)(C)C)c1ccccc1. The molecule has 18 heavy (non-hydrogen) atoms. The number of hydrogen-bond acceptors (Lipinski definition) is 3. The van der Waals surface area contributed by atoms with Gasteiger partial charge in [-0.15, -0.1) is 0 Å². The molecule has 0 N–H and O–H groups in total. The van der Waals surface area contributed by atoms with E-state index in [0.29, 0.717) is 13.0 Å². The second-order valence-corrected chi connectivity index (χ2v) is 5.17. The van der Waals surface area contributed by atoms with Crippen molar-refractivity contribution in [3.63, 3.8) is 0 Å². The molecule has 0 aliphatic heterocycles. The van der Waals surface area contributed by atoms with E-state index in [-0.39, 0.29) is 5.97 Å². The van der Waals surface area contributed by atoms with Crippen molar-refractivity contribution in [2.75, 3.05) is 13.7 Å². The van der Waals surface area contributed by atoms with Crippen LogP contribution in [0.5, 0.6) is 0 Å². The average molecular weight is 247 g/mol. The van der Waals surface area contributed by atoms with Crippen molar-refractivity contribution in [1.82, 2.24) is 0 Å². The Hall–Kier alpha value is -1.64. The zero-order chi connectivity index (χ0) is 13.6. The van der Waals surface area contributed by atoms with Crippen LogP contribution in [-0.4, -0.2) is 25.3 Å². The Morgan fingerprint density at radius 3 is 2.33 bits per heavy atom. The Morgan fingerprint density at radius 1 is 1.22 bits per heavy atom. The molecule has 0 fully saturated rings. The molecule has 0 amide bonds. The normalized spacial score (nSPS) is 12.3. The lowest BCUT2D eigenvalue weighted by Gasteiger charge is -2.16. The number of esters is 1. The van der Waals surface area contributed by atoms with Gasteiger partial charge in [0.1, 0.15) is 0 Å². The van der Waals surface area contributed by atoms with Crippen molar-refractivity contribution in [3.8, 4) is 0 Å². The molecule has 0 atom stereocenters. The van der Waals surface area contributed by atoms with E-state index < -0.39 is 5.41 Å². The summed E-state index contributed by atoms with van der Waals surface area (Å²) in [5.74, 6) is -0.175. The van der Waals surface area contributed by atoms with E-state index in [1.54, 1.807) is 7.05 Å². The molecule has 0 bridgehead atoms. The predicted molar refractivity (Wildman–Crippen MR) is 73.9 cm³/mol. The van der Waals surface area contributed by atoms with Crippen molar-refractivity contribution >= 4 is 11.7 Å². The smallest absolute Gasteiger partial charge is 0.311 e. The van der Waals surface area contributed by atoms with Crippen molar-refractivity contribution < 1.29 is 9.53 Å². The van der Waals surface area contributed by atoms with Gasteiger partial charge in [-0.1, -0.05) is 30.3 Å². The Balaban J connectivity index is 2.51. The van der Waals surface area contributed by atoms with Gasteiger partial charge < -0.3 is 4.74 Å². The van der Waals surface area contributed by atoms with Crippen molar-refractivity contribution in [1.29, 1.82) is 0 Å². The van der Waals surface area contributed by atoms with Crippen LogP contribution < -0.4 is 0 Å². The van der Waals surface area contributed by atoms with Gasteiger partial charge in [-0.2, -0.15) is 0 Å². The number of benzene rings is 1. The molecule has 98 valence electrons. The molecular weight excluding hydrogens is 226 g/mol. The highest BCUT2D eigenvalue weighted by atomic mass is 16.5. The van der Waals surface area contributed by atoms with Crippen LogP contribution in [0.15, 0.2) is 35.3 Å². The summed E-state index contributed by atoms with van der Waals surface area (Å²) in [7, 11) is 1.76. The first-order chi connectivity index (χ1) is 8.45. The third-order valence-corrected chi connectivity index (χ3v) is 2.56. The molecule has 0 heterocycles. The molecule has 0 aromatic heterocycles. The fourth-order valence-electron chi connectivity index (χ4n) is 1.47. The van der Waals surface area contributed by atoms with E-state index in [1.807, 2.05) is 51.1 Å². The minimum absolute atomic E-state index is 0.175. The van der Waals surface area contributed by atoms with Gasteiger partial charge in [-0.25, -0.2) is 0 Å². The van der Waals surface area contributed by atoms with E-state index in [2.05, 4.69) is 4.99 Å². The number of hydrogen-bond donors (Lipinski definition) is 0. The Bertz CT molecular complexity index is 416. The van der Waals surface area contributed by atoms with Crippen LogP contribution in [0.4, 0.5) is 0 Å². The third-order valence-electron chi connectivity index (χ3n) is 2.56. The number of nitrogens with zero attached hydrogens (tertiary/aromatic N) is 1. The number of carbonyl (C=O) groups is 1. The molecule has 0 unspecified atom stereocenters. The lowest BCUT2D eigenvalue weighted by atomic mass is 9.97. The fraction of sp³-hybridized carbons (Fsp3) is 0.467. The summed E-state index contributed by atoms with van der Waals surface area (Å²) in [6.45, 7) is 5.92. The molecule has 0 saturated carbocycles. The zero-order valence-corrected chi connectivity index (χ0v) is 11.6.